The van der Waals surface area contributed by atoms with Crippen LogP contribution in [-0.2, 0) is 6.54 Å². The van der Waals surface area contributed by atoms with Crippen LogP contribution >= 0.6 is 15.9 Å². The topological polar surface area (TPSA) is 24.5 Å². The number of rotatable bonds is 7. The SMILES string of the molecule is COc1ccc(CNCCN(C)c2ccccc2)cc1Br. The standard InChI is InChI=1S/C17H21BrN2O/c1-20(15-6-4-3-5-7-15)11-10-19-13-14-8-9-17(21-2)16(18)12-14/h3-9,12,19H,10-11,13H2,1-2H3. The fourth-order valence-electron chi connectivity index (χ4n) is 2.11. The van der Waals surface area contributed by atoms with Gasteiger partial charge in [-0.2, -0.15) is 0 Å². The fourth-order valence-corrected chi connectivity index (χ4v) is 2.70. The Morgan fingerprint density at radius 2 is 1.90 bits per heavy atom. The molecule has 0 aliphatic heterocycles. The van der Waals surface area contributed by atoms with Crippen LogP contribution in [0.2, 0.25) is 0 Å². The summed E-state index contributed by atoms with van der Waals surface area (Å²) >= 11 is 3.51. The second-order valence-corrected chi connectivity index (χ2v) is 5.76. The lowest BCUT2D eigenvalue weighted by Crippen LogP contribution is -2.28. The van der Waals surface area contributed by atoms with Crippen molar-refractivity contribution in [2.24, 2.45) is 0 Å². The predicted molar refractivity (Wildman–Crippen MR) is 92.1 cm³/mol. The summed E-state index contributed by atoms with van der Waals surface area (Å²) in [4.78, 5) is 2.25. The number of hydrogen-bond donors (Lipinski definition) is 1. The average molecular weight is 349 g/mol. The molecule has 2 rings (SSSR count). The third kappa shape index (κ3) is 4.76. The molecule has 0 spiro atoms. The van der Waals surface area contributed by atoms with Crippen LogP contribution in [0.25, 0.3) is 0 Å². The molecular weight excluding hydrogens is 328 g/mol. The largest absolute Gasteiger partial charge is 0.496 e. The van der Waals surface area contributed by atoms with Gasteiger partial charge in [-0.15, -0.1) is 0 Å². The van der Waals surface area contributed by atoms with Gasteiger partial charge in [0.05, 0.1) is 11.6 Å². The lowest BCUT2D eigenvalue weighted by atomic mass is 10.2. The molecule has 112 valence electrons. The van der Waals surface area contributed by atoms with E-state index in [-0.39, 0.29) is 0 Å². The highest BCUT2D eigenvalue weighted by atomic mass is 79.9. The molecule has 0 radical (unpaired) electrons. The van der Waals surface area contributed by atoms with Crippen molar-refractivity contribution in [1.82, 2.24) is 5.32 Å². The summed E-state index contributed by atoms with van der Waals surface area (Å²) in [7, 11) is 3.79. The quantitative estimate of drug-likeness (QED) is 0.772. The Morgan fingerprint density at radius 1 is 1.14 bits per heavy atom. The van der Waals surface area contributed by atoms with Crippen LogP contribution in [-0.4, -0.2) is 27.2 Å². The van der Waals surface area contributed by atoms with Crippen LogP contribution in [0.1, 0.15) is 5.56 Å². The molecule has 0 unspecified atom stereocenters. The van der Waals surface area contributed by atoms with Gasteiger partial charge in [0.15, 0.2) is 0 Å². The summed E-state index contributed by atoms with van der Waals surface area (Å²) in [6, 6.07) is 16.6. The van der Waals surface area contributed by atoms with Crippen molar-refractivity contribution in [3.63, 3.8) is 0 Å². The number of halogens is 1. The first-order valence-corrected chi connectivity index (χ1v) is 7.79. The van der Waals surface area contributed by atoms with Gasteiger partial charge in [0.2, 0.25) is 0 Å². The highest BCUT2D eigenvalue weighted by Gasteiger charge is 2.02. The summed E-state index contributed by atoms with van der Waals surface area (Å²) in [5.74, 6) is 0.863. The van der Waals surface area contributed by atoms with E-state index in [0.717, 1.165) is 29.9 Å². The molecule has 0 aromatic heterocycles. The van der Waals surface area contributed by atoms with Crippen molar-refractivity contribution in [1.29, 1.82) is 0 Å². The van der Waals surface area contributed by atoms with E-state index in [2.05, 4.69) is 69.6 Å². The molecule has 2 aromatic rings. The van der Waals surface area contributed by atoms with Crippen molar-refractivity contribution < 1.29 is 4.74 Å². The van der Waals surface area contributed by atoms with Crippen LogP contribution < -0.4 is 15.0 Å². The highest BCUT2D eigenvalue weighted by molar-refractivity contribution is 9.10. The number of benzene rings is 2. The Bertz CT molecular complexity index is 560. The third-order valence-electron chi connectivity index (χ3n) is 3.37. The normalized spacial score (nSPS) is 10.4. The van der Waals surface area contributed by atoms with Gasteiger partial charge in [-0.25, -0.2) is 0 Å². The van der Waals surface area contributed by atoms with Gasteiger partial charge in [0.25, 0.3) is 0 Å². The lowest BCUT2D eigenvalue weighted by Gasteiger charge is -2.19. The molecule has 0 aliphatic rings. The maximum Gasteiger partial charge on any atom is 0.133 e. The maximum atomic E-state index is 5.23. The predicted octanol–water partition coefficient (Wildman–Crippen LogP) is 3.68. The fraction of sp³-hybridized carbons (Fsp3) is 0.294. The number of likely N-dealkylation sites (N-methyl/N-ethyl adjacent to an activating group) is 1. The molecule has 0 aliphatic carbocycles. The summed E-state index contributed by atoms with van der Waals surface area (Å²) in [6.45, 7) is 2.77. The Labute approximate surface area is 135 Å². The molecule has 0 heterocycles. The maximum absolute atomic E-state index is 5.23. The van der Waals surface area contributed by atoms with E-state index in [1.807, 2.05) is 12.1 Å². The third-order valence-corrected chi connectivity index (χ3v) is 3.99. The Kier molecular flexibility index (Phi) is 6.08. The van der Waals surface area contributed by atoms with Crippen LogP contribution in [0.4, 0.5) is 5.69 Å². The summed E-state index contributed by atoms with van der Waals surface area (Å²) in [6.07, 6.45) is 0. The molecule has 0 amide bonds. The molecule has 0 atom stereocenters. The average Bonchev–Trinajstić information content (AvgIpc) is 2.52. The van der Waals surface area contributed by atoms with Crippen molar-refractivity contribution >= 4 is 21.6 Å². The molecule has 0 saturated heterocycles. The van der Waals surface area contributed by atoms with Crippen molar-refractivity contribution in [2.75, 3.05) is 32.1 Å². The summed E-state index contributed by atoms with van der Waals surface area (Å²) < 4.78 is 6.22. The highest BCUT2D eigenvalue weighted by Crippen LogP contribution is 2.25. The van der Waals surface area contributed by atoms with Crippen LogP contribution in [0.5, 0.6) is 5.75 Å². The summed E-state index contributed by atoms with van der Waals surface area (Å²) in [5, 5.41) is 3.46. The van der Waals surface area contributed by atoms with E-state index >= 15 is 0 Å². The molecule has 21 heavy (non-hydrogen) atoms. The molecule has 0 saturated carbocycles. The van der Waals surface area contributed by atoms with Gasteiger partial charge in [-0.1, -0.05) is 24.3 Å². The van der Waals surface area contributed by atoms with Crippen LogP contribution in [0.3, 0.4) is 0 Å². The van der Waals surface area contributed by atoms with E-state index in [0.29, 0.717) is 0 Å². The zero-order valence-electron chi connectivity index (χ0n) is 12.5. The van der Waals surface area contributed by atoms with Gasteiger partial charge in [0, 0.05) is 32.4 Å². The number of nitrogens with zero attached hydrogens (tertiary/aromatic N) is 1. The van der Waals surface area contributed by atoms with E-state index in [1.54, 1.807) is 7.11 Å². The van der Waals surface area contributed by atoms with E-state index in [1.165, 1.54) is 11.3 Å². The first kappa shape index (κ1) is 15.9. The lowest BCUT2D eigenvalue weighted by molar-refractivity contribution is 0.412. The van der Waals surface area contributed by atoms with Crippen LogP contribution in [0, 0.1) is 0 Å². The van der Waals surface area contributed by atoms with Crippen molar-refractivity contribution in [3.8, 4) is 5.75 Å². The smallest absolute Gasteiger partial charge is 0.133 e. The van der Waals surface area contributed by atoms with E-state index < -0.39 is 0 Å². The summed E-state index contributed by atoms with van der Waals surface area (Å²) in [5.41, 5.74) is 2.48. The second kappa shape index (κ2) is 8.05. The number of anilines is 1. The van der Waals surface area contributed by atoms with Crippen LogP contribution in [0.15, 0.2) is 53.0 Å². The second-order valence-electron chi connectivity index (χ2n) is 4.90. The van der Waals surface area contributed by atoms with Gasteiger partial charge in [-0.05, 0) is 45.8 Å². The molecule has 0 bridgehead atoms. The molecule has 0 fully saturated rings. The van der Waals surface area contributed by atoms with Crippen molar-refractivity contribution in [3.05, 3.63) is 58.6 Å². The van der Waals surface area contributed by atoms with Gasteiger partial charge in [0.1, 0.15) is 5.75 Å². The number of hydrogen-bond acceptors (Lipinski definition) is 3. The minimum absolute atomic E-state index is 0.852. The van der Waals surface area contributed by atoms with E-state index in [9.17, 15) is 0 Å². The monoisotopic (exact) mass is 348 g/mol. The number of para-hydroxylation sites is 1. The van der Waals surface area contributed by atoms with Gasteiger partial charge in [-0.3, -0.25) is 0 Å². The van der Waals surface area contributed by atoms with E-state index in [4.69, 9.17) is 4.74 Å². The first-order valence-electron chi connectivity index (χ1n) is 7.00. The molecule has 2 aromatic carbocycles. The minimum Gasteiger partial charge on any atom is -0.496 e. The Hall–Kier alpha value is -1.52. The molecular formula is C17H21BrN2O. The number of nitrogens with one attached hydrogen (secondary N) is 1. The zero-order valence-corrected chi connectivity index (χ0v) is 14.1. The first-order chi connectivity index (χ1) is 10.2. The number of methoxy groups -OCH3 is 1. The number of ether oxygens (including phenoxy) is 1. The Morgan fingerprint density at radius 3 is 2.57 bits per heavy atom. The minimum atomic E-state index is 0.852. The zero-order chi connectivity index (χ0) is 15.1. The van der Waals surface area contributed by atoms with Crippen molar-refractivity contribution in [2.45, 2.75) is 6.54 Å². The Balaban J connectivity index is 1.76. The van der Waals surface area contributed by atoms with Gasteiger partial charge >= 0.3 is 0 Å². The molecule has 3 nitrogen and oxygen atoms in total. The molecule has 1 N–H and O–H groups in total. The molecule has 4 heteroatoms. The van der Waals surface area contributed by atoms with Gasteiger partial charge < -0.3 is 15.0 Å².